The van der Waals surface area contributed by atoms with Crippen LogP contribution in [0.15, 0.2) is 29.2 Å². The van der Waals surface area contributed by atoms with E-state index in [0.717, 1.165) is 18.6 Å². The highest BCUT2D eigenvalue weighted by atomic mass is 32.2. The summed E-state index contributed by atoms with van der Waals surface area (Å²) < 4.78 is 56.2. The van der Waals surface area contributed by atoms with Crippen LogP contribution in [0.5, 0.6) is 0 Å². The van der Waals surface area contributed by atoms with Gasteiger partial charge in [-0.15, -0.1) is 0 Å². The number of ether oxygens (including phenoxy) is 5. The number of aryl methyl sites for hydroxylation is 1. The predicted octanol–water partition coefficient (Wildman–Crippen LogP) is 4.14. The summed E-state index contributed by atoms with van der Waals surface area (Å²) in [5, 5.41) is 0. The van der Waals surface area contributed by atoms with Gasteiger partial charge in [0.25, 0.3) is 10.1 Å². The Hall–Kier alpha value is -1.07. The van der Waals surface area contributed by atoms with Crippen molar-refractivity contribution in [3.63, 3.8) is 0 Å². The van der Waals surface area contributed by atoms with Gasteiger partial charge in [0.1, 0.15) is 0 Å². The van der Waals surface area contributed by atoms with Crippen LogP contribution in [0.3, 0.4) is 0 Å². The van der Waals surface area contributed by atoms with Gasteiger partial charge >= 0.3 is 0 Å². The van der Waals surface area contributed by atoms with Crippen LogP contribution >= 0.6 is 0 Å². The molecule has 0 aliphatic carbocycles. The molecule has 0 aliphatic heterocycles. The van der Waals surface area contributed by atoms with Gasteiger partial charge < -0.3 is 23.7 Å². The maximum absolute atomic E-state index is 12.0. The Balaban J connectivity index is 1.78. The number of hydrogen-bond donors (Lipinski definition) is 0. The van der Waals surface area contributed by atoms with Gasteiger partial charge in [-0.05, 0) is 25.5 Å². The molecule has 0 aromatic heterocycles. The summed E-state index contributed by atoms with van der Waals surface area (Å²) in [6.07, 6.45) is 7.62. The molecule has 1 rings (SSSR count). The van der Waals surface area contributed by atoms with E-state index in [4.69, 9.17) is 27.9 Å². The van der Waals surface area contributed by atoms with Gasteiger partial charge in [0.05, 0.1) is 71.0 Å². The summed E-state index contributed by atoms with van der Waals surface area (Å²) in [5.74, 6) is 0. The SMILES string of the molecule is CCCCCCCCOCCOCCOCCOCCOCCOS(=O)(=O)c1ccc(C)cc1. The summed E-state index contributed by atoms with van der Waals surface area (Å²) in [5.41, 5.74) is 0.987. The molecule has 0 spiro atoms. The molecule has 9 heteroatoms. The van der Waals surface area contributed by atoms with Crippen molar-refractivity contribution in [3.05, 3.63) is 29.8 Å². The van der Waals surface area contributed by atoms with E-state index in [9.17, 15) is 8.42 Å². The molecule has 1 aromatic carbocycles. The van der Waals surface area contributed by atoms with Gasteiger partial charge in [0.2, 0.25) is 0 Å². The highest BCUT2D eigenvalue weighted by molar-refractivity contribution is 7.86. The zero-order valence-electron chi connectivity index (χ0n) is 21.0. The Morgan fingerprint density at radius 2 is 0.971 bits per heavy atom. The lowest BCUT2D eigenvalue weighted by molar-refractivity contribution is -0.0127. The summed E-state index contributed by atoms with van der Waals surface area (Å²) >= 11 is 0. The van der Waals surface area contributed by atoms with E-state index in [1.165, 1.54) is 44.2 Å². The smallest absolute Gasteiger partial charge is 0.297 e. The second kappa shape index (κ2) is 21.2. The predicted molar refractivity (Wildman–Crippen MR) is 132 cm³/mol. The number of hydrogen-bond acceptors (Lipinski definition) is 8. The lowest BCUT2D eigenvalue weighted by atomic mass is 10.1. The quantitative estimate of drug-likeness (QED) is 0.153. The Bertz CT molecular complexity index is 679. The Morgan fingerprint density at radius 3 is 1.47 bits per heavy atom. The maximum atomic E-state index is 12.0. The highest BCUT2D eigenvalue weighted by Gasteiger charge is 2.14. The Morgan fingerprint density at radius 1 is 0.559 bits per heavy atom. The lowest BCUT2D eigenvalue weighted by Gasteiger charge is -2.08. The molecule has 198 valence electrons. The molecule has 0 saturated heterocycles. The fraction of sp³-hybridized carbons (Fsp3) is 0.760. The van der Waals surface area contributed by atoms with Crippen LogP contribution in [-0.4, -0.2) is 81.1 Å². The molecule has 34 heavy (non-hydrogen) atoms. The normalized spacial score (nSPS) is 11.8. The van der Waals surface area contributed by atoms with Gasteiger partial charge in [-0.3, -0.25) is 4.18 Å². The molecule has 0 bridgehead atoms. The number of unbranched alkanes of at least 4 members (excludes halogenated alkanes) is 5. The zero-order chi connectivity index (χ0) is 24.7. The molecule has 0 radical (unpaired) electrons. The monoisotopic (exact) mass is 504 g/mol. The van der Waals surface area contributed by atoms with Gasteiger partial charge in [0, 0.05) is 6.61 Å². The fourth-order valence-electron chi connectivity index (χ4n) is 2.94. The van der Waals surface area contributed by atoms with Crippen molar-refractivity contribution in [2.45, 2.75) is 57.3 Å². The molecule has 0 saturated carbocycles. The van der Waals surface area contributed by atoms with E-state index in [1.54, 1.807) is 12.1 Å². The van der Waals surface area contributed by atoms with Crippen LogP contribution in [-0.2, 0) is 38.0 Å². The van der Waals surface area contributed by atoms with E-state index in [0.29, 0.717) is 52.9 Å². The maximum Gasteiger partial charge on any atom is 0.297 e. The van der Waals surface area contributed by atoms with Crippen LogP contribution in [0, 0.1) is 6.92 Å². The topological polar surface area (TPSA) is 89.5 Å². The lowest BCUT2D eigenvalue weighted by Crippen LogP contribution is -2.15. The van der Waals surface area contributed by atoms with Gasteiger partial charge in [-0.25, -0.2) is 0 Å². The first kappa shape index (κ1) is 31.0. The average Bonchev–Trinajstić information content (AvgIpc) is 2.82. The van der Waals surface area contributed by atoms with E-state index >= 15 is 0 Å². The first-order chi connectivity index (χ1) is 16.6. The van der Waals surface area contributed by atoms with Crippen LogP contribution in [0.2, 0.25) is 0 Å². The summed E-state index contributed by atoms with van der Waals surface area (Å²) in [6, 6.07) is 6.52. The highest BCUT2D eigenvalue weighted by Crippen LogP contribution is 2.12. The minimum Gasteiger partial charge on any atom is -0.379 e. The van der Waals surface area contributed by atoms with Crippen LogP contribution < -0.4 is 0 Å². The summed E-state index contributed by atoms with van der Waals surface area (Å²) in [6.45, 7) is 9.04. The molecule has 0 aliphatic rings. The third-order valence-corrected chi connectivity index (χ3v) is 6.23. The van der Waals surface area contributed by atoms with E-state index in [2.05, 4.69) is 6.92 Å². The van der Waals surface area contributed by atoms with Crippen molar-refractivity contribution in [1.29, 1.82) is 0 Å². The zero-order valence-corrected chi connectivity index (χ0v) is 21.8. The molecule has 0 atom stereocenters. The molecule has 0 amide bonds. The summed E-state index contributed by atoms with van der Waals surface area (Å²) in [7, 11) is -3.75. The third kappa shape index (κ3) is 17.4. The molecule has 0 unspecified atom stereocenters. The fourth-order valence-corrected chi connectivity index (χ4v) is 3.83. The van der Waals surface area contributed by atoms with E-state index < -0.39 is 10.1 Å². The first-order valence-electron chi connectivity index (χ1n) is 12.4. The summed E-state index contributed by atoms with van der Waals surface area (Å²) in [4.78, 5) is 0.142. The second-order valence-electron chi connectivity index (χ2n) is 7.92. The van der Waals surface area contributed by atoms with E-state index in [-0.39, 0.29) is 18.1 Å². The molecule has 0 fully saturated rings. The van der Waals surface area contributed by atoms with Crippen LogP contribution in [0.25, 0.3) is 0 Å². The van der Waals surface area contributed by atoms with Gasteiger partial charge in [-0.1, -0.05) is 56.7 Å². The van der Waals surface area contributed by atoms with Crippen LogP contribution in [0.1, 0.15) is 51.0 Å². The minimum absolute atomic E-state index is 0.0383. The first-order valence-corrected chi connectivity index (χ1v) is 13.8. The van der Waals surface area contributed by atoms with Crippen molar-refractivity contribution in [1.82, 2.24) is 0 Å². The van der Waals surface area contributed by atoms with Gasteiger partial charge in [0.15, 0.2) is 0 Å². The molecule has 8 nitrogen and oxygen atoms in total. The molecule has 0 heterocycles. The van der Waals surface area contributed by atoms with Gasteiger partial charge in [-0.2, -0.15) is 8.42 Å². The number of rotatable bonds is 24. The minimum atomic E-state index is -3.75. The van der Waals surface area contributed by atoms with Crippen LogP contribution in [0.4, 0.5) is 0 Å². The van der Waals surface area contributed by atoms with Crippen molar-refractivity contribution in [2.75, 3.05) is 72.7 Å². The number of benzene rings is 1. The van der Waals surface area contributed by atoms with Crippen molar-refractivity contribution < 1.29 is 36.3 Å². The van der Waals surface area contributed by atoms with Crippen molar-refractivity contribution in [2.24, 2.45) is 0 Å². The third-order valence-electron chi connectivity index (χ3n) is 4.91. The molecular formula is C25H44O8S. The molecular weight excluding hydrogens is 460 g/mol. The Labute approximate surface area is 206 Å². The molecule has 1 aromatic rings. The Kier molecular flexibility index (Phi) is 19.3. The standard InChI is InChI=1S/C25H44O8S/c1-3-4-5-6-7-8-13-28-14-15-29-16-17-30-18-19-31-20-21-32-22-23-33-34(26,27)25-11-9-24(2)10-12-25/h9-12H,3-8,13-23H2,1-2H3. The average molecular weight is 505 g/mol. The molecule has 0 N–H and O–H groups in total. The van der Waals surface area contributed by atoms with Crippen molar-refractivity contribution >= 4 is 10.1 Å². The second-order valence-corrected chi connectivity index (χ2v) is 9.53. The van der Waals surface area contributed by atoms with Crippen molar-refractivity contribution in [3.8, 4) is 0 Å². The van der Waals surface area contributed by atoms with E-state index in [1.807, 2.05) is 6.92 Å². The largest absolute Gasteiger partial charge is 0.379 e.